The lowest BCUT2D eigenvalue weighted by atomic mass is 9.89. The van der Waals surface area contributed by atoms with Crippen LogP contribution in [0.25, 0.3) is 0 Å². The summed E-state index contributed by atoms with van der Waals surface area (Å²) in [4.78, 5) is 168. The van der Waals surface area contributed by atoms with Gasteiger partial charge in [-0.25, -0.2) is 7.91 Å². The summed E-state index contributed by atoms with van der Waals surface area (Å²) in [5.41, 5.74) is 4.34. The zero-order chi connectivity index (χ0) is 97.4. The number of carbonyl (C=O) groups excluding carboxylic acids is 10. The lowest BCUT2D eigenvalue weighted by molar-refractivity contribution is -0.149. The van der Waals surface area contributed by atoms with E-state index in [1.54, 1.807) is 100 Å². The van der Waals surface area contributed by atoms with Crippen molar-refractivity contribution in [2.24, 2.45) is 28.7 Å². The Morgan fingerprint density at radius 2 is 1.25 bits per heavy atom. The van der Waals surface area contributed by atoms with Crippen molar-refractivity contribution in [3.05, 3.63) is 95.6 Å². The van der Waals surface area contributed by atoms with Gasteiger partial charge in [0.15, 0.2) is 23.0 Å². The van der Waals surface area contributed by atoms with Crippen molar-refractivity contribution in [3.63, 3.8) is 0 Å². The molecular formula is C97H141IN12O22S2. The summed E-state index contributed by atoms with van der Waals surface area (Å²) < 4.78 is 61.8. The normalized spacial score (nSPS) is 22.4. The van der Waals surface area contributed by atoms with E-state index in [0.717, 1.165) is 42.4 Å². The number of nitrogens with one attached hydrogen (secondary N) is 4. The zero-order valence-corrected chi connectivity index (χ0v) is 84.4. The molecule has 0 radical (unpaired) electrons. The molecule has 34 nitrogen and oxygen atoms in total. The summed E-state index contributed by atoms with van der Waals surface area (Å²) >= 11 is 5.39. The number of benzene rings is 3. The van der Waals surface area contributed by atoms with E-state index in [4.69, 9.17) is 47.4 Å². The van der Waals surface area contributed by atoms with Gasteiger partial charge in [-0.1, -0.05) is 130 Å². The van der Waals surface area contributed by atoms with Gasteiger partial charge in [0, 0.05) is 115 Å². The number of likely N-dealkylation sites (tertiary alicyclic amines) is 1. The van der Waals surface area contributed by atoms with Crippen molar-refractivity contribution in [2.75, 3.05) is 153 Å². The zero-order valence-electron chi connectivity index (χ0n) is 80.6. The number of halogens is 1. The third-order valence-electron chi connectivity index (χ3n) is 26.4. The molecule has 7 heterocycles. The minimum atomic E-state index is -1.19. The molecule has 740 valence electrons. The number of methoxy groups -OCH3 is 4. The van der Waals surface area contributed by atoms with Gasteiger partial charge in [-0.05, 0) is 93.2 Å². The fourth-order valence-electron chi connectivity index (χ4n) is 19.0. The topological polar surface area (TPSA) is 383 Å². The van der Waals surface area contributed by atoms with Gasteiger partial charge in [0.25, 0.3) is 11.8 Å². The molecule has 5 saturated heterocycles. The maximum absolute atomic E-state index is 14.9. The largest absolute Gasteiger partial charge is 0.493 e. The first-order valence-electron chi connectivity index (χ1n) is 47.1. The minimum Gasteiger partial charge on any atom is -0.493 e. The average Bonchev–Trinajstić information content (AvgIpc) is 1.49. The first kappa shape index (κ1) is 107. The maximum Gasteiger partial charge on any atom is 0.326 e. The number of rotatable bonds is 54. The summed E-state index contributed by atoms with van der Waals surface area (Å²) in [6.45, 7) is 28.9. The third-order valence-corrected chi connectivity index (χ3v) is 32.8. The Balaban J connectivity index is 0.630. The standard InChI is InChI=1S/C97H141IN12O22S2/c1-18-33-97-96(20-3,110(97)98)133-86(90(116)99-34-41-130-46-44-128-40-32-80(112)109-58-67-48-62(9)57-108(67)93(119)69-51-75(124-15)77(53-73(69)109)132-38-26-22-25-37-131-76-52-70-68(50-74(76)123-14)92(118)107-56-61(8)47-66(107)55-101-70)87(134-97)91(117)100-35-42-129-45-43-127-39-31-79(111)104(12)83(60(6)7)89(115)103-82(59(4)5)94(120)105(13)84(63(10)19-2)78(125-16)54-81(113)106-36-27-30-72(106)85(126-17)64(11)88(114)102-71(95(121)122)49-65-28-23-21-24-29-65/h21,23-24,28-29,50-53,55,59-60,63-64,66-67,71-72,78,82-87H,8-9,18-20,22,25-27,30-49,54,56-58H2,1-7,10-17H3,(H,99,116)(H,100,117)(H,102,114)(H,103,115)(H,121,122)/t63-,64+,66-,67-,71-,72-,78+,82-,83-,84-,85+,86?,87?,96?,97?,110?/m0/s1. The number of thioether (sulfide) groups is 2. The van der Waals surface area contributed by atoms with Crippen LogP contribution in [0, 0.1) is 23.7 Å². The summed E-state index contributed by atoms with van der Waals surface area (Å²) in [5.74, 6) is -4.53. The summed E-state index contributed by atoms with van der Waals surface area (Å²) in [7, 11) is 9.21. The monoisotopic (exact) mass is 2020 g/mol. The van der Waals surface area contributed by atoms with Crippen LogP contribution in [0.1, 0.15) is 178 Å². The summed E-state index contributed by atoms with van der Waals surface area (Å²) in [6, 6.07) is 11.0. The number of ether oxygens (including phenoxy) is 10. The Morgan fingerprint density at radius 1 is 0.657 bits per heavy atom. The molecule has 10 rings (SSSR count). The van der Waals surface area contributed by atoms with Crippen LogP contribution >= 0.6 is 46.4 Å². The second-order valence-corrected chi connectivity index (χ2v) is 40.0. The van der Waals surface area contributed by atoms with E-state index in [2.05, 4.69) is 79.2 Å². The van der Waals surface area contributed by atoms with Crippen LogP contribution in [-0.2, 0) is 78.0 Å². The highest BCUT2D eigenvalue weighted by Gasteiger charge is 2.78. The number of aliphatic carboxylic acids is 1. The number of anilines is 1. The molecule has 5 unspecified atom stereocenters. The van der Waals surface area contributed by atoms with Crippen LogP contribution in [0.5, 0.6) is 23.0 Å². The van der Waals surface area contributed by atoms with Crippen molar-refractivity contribution in [3.8, 4) is 23.0 Å². The molecular weight excluding hydrogens is 1880 g/mol. The number of nitrogens with zero attached hydrogens (tertiary/aromatic N) is 8. The van der Waals surface area contributed by atoms with Crippen LogP contribution in [0.15, 0.2) is 83.9 Å². The second-order valence-electron chi connectivity index (χ2n) is 36.2. The predicted molar refractivity (Wildman–Crippen MR) is 520 cm³/mol. The first-order chi connectivity index (χ1) is 64.2. The highest BCUT2D eigenvalue weighted by atomic mass is 127. The fraction of sp³-hybridized carbons (Fsp3) is 0.649. The SMILES string of the molecule is C=C1C[C@H]2CN(C(=O)CCOCCOCCNC(=O)C3SC4(CC)N(I)C4(CCC)SC3C(=O)NCCOCCOCCC(=O)N(C)[C@H](C(=O)N[C@H](C(=O)N(C)[C@@H]([C@@H](C)CC)[C@@H](CC(=O)N3CCC[C@H]3[C@H](OC)[C@@H](C)C(=O)N[C@@H](Cc3ccccc3)C(=O)O)OC)C(C)C)C(C)C)c3cc(OCCCCCOc4cc5c(cc4OC)C(=O)N4CC(=C)C[C@H]4C=N5)c(OC)cc3C(=O)N2C1. The van der Waals surface area contributed by atoms with Gasteiger partial charge < -0.3 is 103 Å². The van der Waals surface area contributed by atoms with Crippen LogP contribution in [-0.4, -0.2) is 327 Å². The van der Waals surface area contributed by atoms with Gasteiger partial charge in [-0.15, -0.1) is 23.5 Å². The molecule has 0 spiro atoms. The Kier molecular flexibility index (Phi) is 40.5. The average molecular weight is 2020 g/mol. The number of carbonyl (C=O) groups is 11. The Morgan fingerprint density at radius 3 is 1.83 bits per heavy atom. The van der Waals surface area contributed by atoms with Gasteiger partial charge in [0.1, 0.15) is 38.4 Å². The minimum absolute atomic E-state index is 0.00673. The van der Waals surface area contributed by atoms with Crippen LogP contribution in [0.4, 0.5) is 11.4 Å². The van der Waals surface area contributed by atoms with Gasteiger partial charge in [0.2, 0.25) is 47.3 Å². The molecule has 3 aromatic carbocycles. The molecule has 0 aromatic heterocycles. The molecule has 16 atom stereocenters. The number of fused-ring (bicyclic) bond motifs is 5. The van der Waals surface area contributed by atoms with Crippen molar-refractivity contribution in [1.82, 2.24) is 48.9 Å². The highest BCUT2D eigenvalue weighted by molar-refractivity contribution is 14.1. The van der Waals surface area contributed by atoms with E-state index >= 15 is 0 Å². The highest BCUT2D eigenvalue weighted by Crippen LogP contribution is 2.75. The van der Waals surface area contributed by atoms with Crippen LogP contribution in [0.3, 0.4) is 0 Å². The Bertz CT molecular complexity index is 4630. The predicted octanol–water partition coefficient (Wildman–Crippen LogP) is 9.86. The Hall–Kier alpha value is -8.67. The molecule has 0 aliphatic carbocycles. The van der Waals surface area contributed by atoms with Crippen molar-refractivity contribution >= 4 is 129 Å². The molecule has 3 aromatic rings. The molecule has 5 N–H and O–H groups in total. The number of amides is 10. The van der Waals surface area contributed by atoms with Gasteiger partial charge >= 0.3 is 5.97 Å². The molecule has 10 amide bonds. The van der Waals surface area contributed by atoms with E-state index in [1.165, 1.54) is 56.9 Å². The third kappa shape index (κ3) is 26.0. The fourth-order valence-corrected chi connectivity index (χ4v) is 25.4. The first-order valence-corrected chi connectivity index (χ1v) is 49.8. The Labute approximate surface area is 811 Å². The molecule has 134 heavy (non-hydrogen) atoms. The van der Waals surface area contributed by atoms with E-state index in [-0.39, 0.29) is 173 Å². The second kappa shape index (κ2) is 50.6. The van der Waals surface area contributed by atoms with E-state index in [9.17, 15) is 57.8 Å². The van der Waals surface area contributed by atoms with Gasteiger partial charge in [-0.3, -0.25) is 52.9 Å². The molecule has 0 saturated carbocycles. The smallest absolute Gasteiger partial charge is 0.326 e. The number of carboxylic acids is 1. The number of unbranched alkanes of at least 4 members (excludes halogenated alkanes) is 2. The van der Waals surface area contributed by atoms with E-state index in [0.29, 0.717) is 123 Å². The van der Waals surface area contributed by atoms with Crippen molar-refractivity contribution in [1.29, 1.82) is 0 Å². The van der Waals surface area contributed by atoms with Crippen LogP contribution < -0.4 is 45.1 Å². The van der Waals surface area contributed by atoms with E-state index in [1.807, 2.05) is 47.6 Å². The van der Waals surface area contributed by atoms with E-state index < -0.39 is 88.4 Å². The van der Waals surface area contributed by atoms with Gasteiger partial charge in [-0.2, -0.15) is 0 Å². The number of carboxylic acid groups (broad SMARTS) is 1. The molecule has 37 heteroatoms. The number of hydrogen-bond acceptors (Lipinski definition) is 25. The molecule has 7 aliphatic rings. The lowest BCUT2D eigenvalue weighted by Crippen LogP contribution is -2.60. The maximum atomic E-state index is 14.9. The van der Waals surface area contributed by atoms with Crippen LogP contribution in [0.2, 0.25) is 0 Å². The van der Waals surface area contributed by atoms with Gasteiger partial charge in [0.05, 0.1) is 164 Å². The summed E-state index contributed by atoms with van der Waals surface area (Å²) in [5, 5.41) is 20.3. The lowest BCUT2D eigenvalue weighted by Gasteiger charge is -2.41. The quantitative estimate of drug-likeness (QED) is 0.0115. The number of likely N-dealkylation sites (N-methyl/N-ethyl adjacent to an activating group) is 2. The summed E-state index contributed by atoms with van der Waals surface area (Å²) in [6.07, 6.45) is 7.71. The number of hydrogen-bond donors (Lipinski definition) is 5. The van der Waals surface area contributed by atoms with Crippen molar-refractivity contribution in [2.45, 2.75) is 233 Å². The molecule has 5 fully saturated rings. The number of aliphatic imine (C=N–C) groups is 1. The van der Waals surface area contributed by atoms with Crippen molar-refractivity contribution < 1.29 is 105 Å². The molecule has 7 aliphatic heterocycles. The molecule has 0 bridgehead atoms.